The molecule has 180 valence electrons. The van der Waals surface area contributed by atoms with Gasteiger partial charge in [-0.25, -0.2) is 0 Å². The molecular weight excluding hydrogens is 442 g/mol. The summed E-state index contributed by atoms with van der Waals surface area (Å²) in [5.41, 5.74) is 1.64. The number of methoxy groups -OCH3 is 2. The minimum absolute atomic E-state index is 0.113. The number of hydrogen-bond acceptors (Lipinski definition) is 5. The molecule has 0 bridgehead atoms. The van der Waals surface area contributed by atoms with Crippen LogP contribution in [0.5, 0.6) is 11.5 Å². The molecular formula is C24H33N3O5S. The van der Waals surface area contributed by atoms with Gasteiger partial charge in [-0.3, -0.25) is 9.10 Å². The van der Waals surface area contributed by atoms with Crippen LogP contribution < -0.4 is 19.1 Å². The van der Waals surface area contributed by atoms with E-state index in [9.17, 15) is 13.2 Å². The summed E-state index contributed by atoms with van der Waals surface area (Å²) in [7, 11) is -0.535. The Labute approximate surface area is 196 Å². The maximum Gasteiger partial charge on any atom is 0.304 e. The highest BCUT2D eigenvalue weighted by atomic mass is 32.2. The monoisotopic (exact) mass is 475 g/mol. The predicted molar refractivity (Wildman–Crippen MR) is 129 cm³/mol. The molecule has 2 aromatic carbocycles. The molecule has 1 saturated heterocycles. The van der Waals surface area contributed by atoms with E-state index >= 15 is 0 Å². The molecule has 8 nitrogen and oxygen atoms in total. The van der Waals surface area contributed by atoms with E-state index in [0.717, 1.165) is 5.56 Å². The third-order valence-electron chi connectivity index (χ3n) is 5.85. The van der Waals surface area contributed by atoms with Crippen LogP contribution in [-0.2, 0) is 21.4 Å². The van der Waals surface area contributed by atoms with Gasteiger partial charge in [0.1, 0.15) is 0 Å². The first-order chi connectivity index (χ1) is 15.9. The van der Waals surface area contributed by atoms with E-state index in [4.69, 9.17) is 9.47 Å². The second kappa shape index (κ2) is 11.4. The van der Waals surface area contributed by atoms with Crippen molar-refractivity contribution in [1.29, 1.82) is 0 Å². The number of piperidine rings is 1. The number of hydrogen-bond donors (Lipinski definition) is 1. The van der Waals surface area contributed by atoms with Gasteiger partial charge in [0.05, 0.1) is 25.8 Å². The van der Waals surface area contributed by atoms with Crippen molar-refractivity contribution in [2.45, 2.75) is 26.2 Å². The number of carbonyl (C=O) groups is 1. The molecule has 0 saturated carbocycles. The van der Waals surface area contributed by atoms with E-state index in [1.807, 2.05) is 43.3 Å². The smallest absolute Gasteiger partial charge is 0.304 e. The Hall–Kier alpha value is -2.78. The first-order valence-corrected chi connectivity index (χ1v) is 12.6. The van der Waals surface area contributed by atoms with Crippen LogP contribution in [0.15, 0.2) is 48.5 Å². The topological polar surface area (TPSA) is 88.2 Å². The van der Waals surface area contributed by atoms with Crippen molar-refractivity contribution in [1.82, 2.24) is 9.62 Å². The van der Waals surface area contributed by atoms with Gasteiger partial charge in [-0.2, -0.15) is 12.7 Å². The molecule has 0 unspecified atom stereocenters. The Bertz CT molecular complexity index is 1030. The van der Waals surface area contributed by atoms with Gasteiger partial charge in [-0.1, -0.05) is 24.3 Å². The number of nitrogens with zero attached hydrogens (tertiary/aromatic N) is 2. The van der Waals surface area contributed by atoms with Crippen molar-refractivity contribution >= 4 is 21.8 Å². The molecule has 2 aromatic rings. The van der Waals surface area contributed by atoms with Gasteiger partial charge in [0.15, 0.2) is 11.5 Å². The summed E-state index contributed by atoms with van der Waals surface area (Å²) in [6.45, 7) is 3.20. The zero-order valence-electron chi connectivity index (χ0n) is 19.5. The van der Waals surface area contributed by atoms with Crippen molar-refractivity contribution in [2.24, 2.45) is 5.92 Å². The Morgan fingerprint density at radius 1 is 1.12 bits per heavy atom. The number of para-hydroxylation sites is 1. The van der Waals surface area contributed by atoms with E-state index in [2.05, 4.69) is 5.32 Å². The van der Waals surface area contributed by atoms with E-state index in [-0.39, 0.29) is 18.4 Å². The van der Waals surface area contributed by atoms with E-state index in [1.54, 1.807) is 26.4 Å². The lowest BCUT2D eigenvalue weighted by atomic mass is 9.99. The van der Waals surface area contributed by atoms with Crippen LogP contribution >= 0.6 is 0 Å². The van der Waals surface area contributed by atoms with Gasteiger partial charge in [0, 0.05) is 26.2 Å². The van der Waals surface area contributed by atoms with Gasteiger partial charge >= 0.3 is 10.2 Å². The average Bonchev–Trinajstić information content (AvgIpc) is 2.84. The van der Waals surface area contributed by atoms with E-state index in [0.29, 0.717) is 56.1 Å². The standard InChI is InChI=1S/C24H33N3O5S/c1-4-27(21-10-6-5-7-11-21)33(29,30)26-16-8-9-20(18-26)24(28)25-15-14-19-12-13-22(31-2)23(17-19)32-3/h5-7,10-13,17,20H,4,8-9,14-16,18H2,1-3H3,(H,25,28)/t20-/m0/s1. The molecule has 1 N–H and O–H groups in total. The molecule has 1 aliphatic rings. The van der Waals surface area contributed by atoms with Crippen molar-refractivity contribution in [3.8, 4) is 11.5 Å². The van der Waals surface area contributed by atoms with Crippen molar-refractivity contribution in [3.63, 3.8) is 0 Å². The van der Waals surface area contributed by atoms with Crippen LogP contribution in [0.25, 0.3) is 0 Å². The lowest BCUT2D eigenvalue weighted by Crippen LogP contribution is -2.50. The molecule has 33 heavy (non-hydrogen) atoms. The van der Waals surface area contributed by atoms with Crippen molar-refractivity contribution in [2.75, 3.05) is 44.7 Å². The minimum atomic E-state index is -3.71. The molecule has 0 aromatic heterocycles. The summed E-state index contributed by atoms with van der Waals surface area (Å²) < 4.78 is 40.0. The summed E-state index contributed by atoms with van der Waals surface area (Å²) in [5.74, 6) is 0.824. The van der Waals surface area contributed by atoms with Gasteiger partial charge < -0.3 is 14.8 Å². The highest BCUT2D eigenvalue weighted by molar-refractivity contribution is 7.90. The third-order valence-corrected chi connectivity index (χ3v) is 7.86. The first kappa shape index (κ1) is 24.9. The predicted octanol–water partition coefficient (Wildman–Crippen LogP) is 2.85. The molecule has 9 heteroatoms. The van der Waals surface area contributed by atoms with Crippen LogP contribution in [0, 0.1) is 5.92 Å². The maximum absolute atomic E-state index is 13.3. The Morgan fingerprint density at radius 2 is 1.85 bits per heavy atom. The fourth-order valence-corrected chi connectivity index (χ4v) is 5.81. The normalized spacial score (nSPS) is 16.8. The number of anilines is 1. The van der Waals surface area contributed by atoms with Gasteiger partial charge in [-0.15, -0.1) is 0 Å². The van der Waals surface area contributed by atoms with Crippen LogP contribution in [-0.4, -0.2) is 59.0 Å². The summed E-state index contributed by atoms with van der Waals surface area (Å²) in [6.07, 6.45) is 1.96. The summed E-state index contributed by atoms with van der Waals surface area (Å²) in [4.78, 5) is 12.8. The summed E-state index contributed by atoms with van der Waals surface area (Å²) in [5, 5.41) is 2.97. The van der Waals surface area contributed by atoms with E-state index < -0.39 is 10.2 Å². The average molecular weight is 476 g/mol. The van der Waals surface area contributed by atoms with Crippen LogP contribution in [0.1, 0.15) is 25.3 Å². The number of rotatable bonds is 10. The van der Waals surface area contributed by atoms with Gasteiger partial charge in [-0.05, 0) is 56.0 Å². The Balaban J connectivity index is 1.59. The molecule has 0 aliphatic carbocycles. The lowest BCUT2D eigenvalue weighted by molar-refractivity contribution is -0.126. The number of ether oxygens (including phenoxy) is 2. The highest BCUT2D eigenvalue weighted by Gasteiger charge is 2.35. The third kappa shape index (κ3) is 5.97. The number of carbonyl (C=O) groups excluding carboxylic acids is 1. The molecule has 1 atom stereocenters. The number of benzene rings is 2. The fraction of sp³-hybridized carbons (Fsp3) is 0.458. The molecule has 0 radical (unpaired) electrons. The second-order valence-electron chi connectivity index (χ2n) is 7.94. The van der Waals surface area contributed by atoms with Crippen LogP contribution in [0.3, 0.4) is 0 Å². The SMILES string of the molecule is CCN(c1ccccc1)S(=O)(=O)N1CCC[C@H](C(=O)NCCc2ccc(OC)c(OC)c2)C1. The molecule has 0 spiro atoms. The van der Waals surface area contributed by atoms with Gasteiger partial charge in [0.2, 0.25) is 5.91 Å². The van der Waals surface area contributed by atoms with Crippen LogP contribution in [0.4, 0.5) is 5.69 Å². The number of nitrogens with one attached hydrogen (secondary N) is 1. The molecule has 1 fully saturated rings. The molecule has 1 aliphatic heterocycles. The zero-order valence-corrected chi connectivity index (χ0v) is 20.3. The Morgan fingerprint density at radius 3 is 2.52 bits per heavy atom. The Kier molecular flexibility index (Phi) is 8.57. The number of amides is 1. The summed E-state index contributed by atoms with van der Waals surface area (Å²) in [6, 6.07) is 14.7. The largest absolute Gasteiger partial charge is 0.493 e. The van der Waals surface area contributed by atoms with Crippen LogP contribution in [0.2, 0.25) is 0 Å². The molecule has 3 rings (SSSR count). The first-order valence-electron chi connectivity index (χ1n) is 11.2. The van der Waals surface area contributed by atoms with Gasteiger partial charge in [0.25, 0.3) is 0 Å². The second-order valence-corrected chi connectivity index (χ2v) is 9.79. The van der Waals surface area contributed by atoms with Crippen molar-refractivity contribution < 1.29 is 22.7 Å². The lowest BCUT2D eigenvalue weighted by Gasteiger charge is -2.35. The molecule has 1 heterocycles. The highest BCUT2D eigenvalue weighted by Crippen LogP contribution is 2.28. The quantitative estimate of drug-likeness (QED) is 0.571. The zero-order chi connectivity index (χ0) is 23.8. The maximum atomic E-state index is 13.3. The minimum Gasteiger partial charge on any atom is -0.493 e. The molecule has 1 amide bonds. The fourth-order valence-electron chi connectivity index (χ4n) is 4.09. The summed E-state index contributed by atoms with van der Waals surface area (Å²) >= 11 is 0. The van der Waals surface area contributed by atoms with Crippen molar-refractivity contribution in [3.05, 3.63) is 54.1 Å². The van der Waals surface area contributed by atoms with E-state index in [1.165, 1.54) is 8.61 Å².